The molecular formula is C23H24N4O4. The number of ether oxygens (including phenoxy) is 1. The number of hydrogen-bond acceptors (Lipinski definition) is 6. The minimum Gasteiger partial charge on any atom is -0.376 e. The number of amides is 3. The molecule has 3 aliphatic rings. The average Bonchev–Trinajstić information content (AvgIpc) is 3.54. The summed E-state index contributed by atoms with van der Waals surface area (Å²) in [5.41, 5.74) is 1.49. The molecule has 1 atom stereocenters. The lowest BCUT2D eigenvalue weighted by Crippen LogP contribution is -2.36. The summed E-state index contributed by atoms with van der Waals surface area (Å²) < 4.78 is 5.56. The molecule has 1 aromatic carbocycles. The van der Waals surface area contributed by atoms with E-state index in [0.717, 1.165) is 31.7 Å². The summed E-state index contributed by atoms with van der Waals surface area (Å²) in [6.07, 6.45) is 5.64. The normalized spacial score (nSPS) is 20.5. The van der Waals surface area contributed by atoms with Crippen molar-refractivity contribution in [1.82, 2.24) is 9.88 Å². The Bertz CT molecular complexity index is 1020. The Morgan fingerprint density at radius 3 is 2.58 bits per heavy atom. The highest BCUT2D eigenvalue weighted by atomic mass is 16.5. The van der Waals surface area contributed by atoms with E-state index in [2.05, 4.69) is 15.2 Å². The highest BCUT2D eigenvalue weighted by Gasteiger charge is 2.38. The van der Waals surface area contributed by atoms with E-state index < -0.39 is 0 Å². The minimum absolute atomic E-state index is 0.110. The fourth-order valence-corrected chi connectivity index (χ4v) is 4.39. The molecule has 0 bridgehead atoms. The van der Waals surface area contributed by atoms with E-state index in [-0.39, 0.29) is 35.9 Å². The molecule has 0 radical (unpaired) electrons. The molecule has 3 amide bonds. The van der Waals surface area contributed by atoms with Crippen molar-refractivity contribution in [2.75, 3.05) is 36.5 Å². The molecule has 3 aliphatic heterocycles. The van der Waals surface area contributed by atoms with Gasteiger partial charge in [0, 0.05) is 25.3 Å². The predicted octanol–water partition coefficient (Wildman–Crippen LogP) is 2.71. The number of carbonyl (C=O) groups excluding carboxylic acids is 3. The van der Waals surface area contributed by atoms with Gasteiger partial charge in [-0.25, -0.2) is 4.98 Å². The van der Waals surface area contributed by atoms with E-state index in [1.807, 2.05) is 12.1 Å². The Hall–Kier alpha value is -3.26. The van der Waals surface area contributed by atoms with E-state index in [9.17, 15) is 14.4 Å². The lowest BCUT2D eigenvalue weighted by atomic mass is 10.1. The summed E-state index contributed by atoms with van der Waals surface area (Å²) in [5.74, 6) is -0.147. The highest BCUT2D eigenvalue weighted by molar-refractivity contribution is 6.22. The molecule has 1 N–H and O–H groups in total. The van der Waals surface area contributed by atoms with Crippen LogP contribution in [-0.2, 0) is 4.74 Å². The van der Waals surface area contributed by atoms with Gasteiger partial charge in [0.2, 0.25) is 0 Å². The Morgan fingerprint density at radius 2 is 1.87 bits per heavy atom. The van der Waals surface area contributed by atoms with Crippen molar-refractivity contribution in [2.24, 2.45) is 0 Å². The molecule has 8 nitrogen and oxygen atoms in total. The van der Waals surface area contributed by atoms with E-state index in [0.29, 0.717) is 23.4 Å². The van der Waals surface area contributed by atoms with Gasteiger partial charge in [-0.15, -0.1) is 0 Å². The summed E-state index contributed by atoms with van der Waals surface area (Å²) in [6, 6.07) is 8.33. The van der Waals surface area contributed by atoms with Crippen LogP contribution in [0.1, 0.15) is 56.8 Å². The van der Waals surface area contributed by atoms with E-state index in [4.69, 9.17) is 4.74 Å². The number of fused-ring (bicyclic) bond motifs is 1. The highest BCUT2D eigenvalue weighted by Crippen LogP contribution is 2.26. The summed E-state index contributed by atoms with van der Waals surface area (Å²) >= 11 is 0. The quantitative estimate of drug-likeness (QED) is 0.748. The van der Waals surface area contributed by atoms with E-state index in [1.54, 1.807) is 18.3 Å². The topological polar surface area (TPSA) is 91.8 Å². The maximum atomic E-state index is 12.8. The molecule has 31 heavy (non-hydrogen) atoms. The molecule has 2 fully saturated rings. The van der Waals surface area contributed by atoms with Crippen LogP contribution in [0.5, 0.6) is 0 Å². The zero-order chi connectivity index (χ0) is 21.4. The van der Waals surface area contributed by atoms with Gasteiger partial charge >= 0.3 is 0 Å². The third-order valence-corrected chi connectivity index (χ3v) is 6.08. The molecule has 4 heterocycles. The predicted molar refractivity (Wildman–Crippen MR) is 114 cm³/mol. The lowest BCUT2D eigenvalue weighted by Gasteiger charge is -2.17. The molecule has 5 rings (SSSR count). The first-order valence-corrected chi connectivity index (χ1v) is 10.7. The van der Waals surface area contributed by atoms with Crippen LogP contribution in [0.25, 0.3) is 0 Å². The first-order chi connectivity index (χ1) is 15.1. The number of carbonyl (C=O) groups is 3. The first-order valence-electron chi connectivity index (χ1n) is 10.7. The van der Waals surface area contributed by atoms with Gasteiger partial charge in [0.1, 0.15) is 5.82 Å². The zero-order valence-corrected chi connectivity index (χ0v) is 17.2. The van der Waals surface area contributed by atoms with Gasteiger partial charge in [0.15, 0.2) is 0 Å². The van der Waals surface area contributed by atoms with E-state index >= 15 is 0 Å². The second kappa shape index (κ2) is 8.11. The van der Waals surface area contributed by atoms with Crippen LogP contribution in [-0.4, -0.2) is 60.0 Å². The monoisotopic (exact) mass is 420 g/mol. The molecule has 160 valence electrons. The van der Waals surface area contributed by atoms with Crippen LogP contribution in [0.2, 0.25) is 0 Å². The van der Waals surface area contributed by atoms with Crippen molar-refractivity contribution >= 4 is 29.2 Å². The molecular weight excluding hydrogens is 396 g/mol. The second-order valence-electron chi connectivity index (χ2n) is 8.17. The molecule has 8 heteroatoms. The summed E-state index contributed by atoms with van der Waals surface area (Å²) in [4.78, 5) is 46.0. The lowest BCUT2D eigenvalue weighted by molar-refractivity contribution is 0.0475. The number of nitrogens with one attached hydrogen (secondary N) is 1. The van der Waals surface area contributed by atoms with Crippen LogP contribution in [0.4, 0.5) is 11.5 Å². The fraction of sp³-hybridized carbons (Fsp3) is 0.391. The number of benzene rings is 1. The smallest absolute Gasteiger partial charge is 0.261 e. The SMILES string of the molecule is O=C(Nc1ccc(N2CCCC2)nc1)c1ccc2c(c1)C(=O)N(CC1CCCO1)C2=O. The maximum Gasteiger partial charge on any atom is 0.261 e. The van der Waals surface area contributed by atoms with Crippen LogP contribution >= 0.6 is 0 Å². The van der Waals surface area contributed by atoms with Crippen molar-refractivity contribution in [1.29, 1.82) is 0 Å². The summed E-state index contributed by atoms with van der Waals surface area (Å²) in [7, 11) is 0. The number of pyridine rings is 1. The van der Waals surface area contributed by atoms with Crippen molar-refractivity contribution in [2.45, 2.75) is 31.8 Å². The fourth-order valence-electron chi connectivity index (χ4n) is 4.39. The molecule has 2 saturated heterocycles. The van der Waals surface area contributed by atoms with Crippen LogP contribution in [0.15, 0.2) is 36.5 Å². The Labute approximate surface area is 180 Å². The molecule has 2 aromatic rings. The number of imide groups is 1. The minimum atomic E-state index is -0.373. The number of aromatic nitrogens is 1. The van der Waals surface area contributed by atoms with Crippen molar-refractivity contribution < 1.29 is 19.1 Å². The number of nitrogens with zero attached hydrogens (tertiary/aromatic N) is 3. The van der Waals surface area contributed by atoms with Crippen molar-refractivity contribution in [3.8, 4) is 0 Å². The average molecular weight is 420 g/mol. The van der Waals surface area contributed by atoms with Crippen molar-refractivity contribution in [3.05, 3.63) is 53.2 Å². The third kappa shape index (κ3) is 3.79. The Morgan fingerprint density at radius 1 is 1.06 bits per heavy atom. The van der Waals surface area contributed by atoms with Gasteiger partial charge < -0.3 is 15.0 Å². The van der Waals surface area contributed by atoms with Crippen molar-refractivity contribution in [3.63, 3.8) is 0 Å². The second-order valence-corrected chi connectivity index (χ2v) is 8.17. The number of hydrogen-bond donors (Lipinski definition) is 1. The van der Waals surface area contributed by atoms with E-state index in [1.165, 1.54) is 23.8 Å². The van der Waals surface area contributed by atoms with Gasteiger partial charge in [-0.05, 0) is 56.0 Å². The largest absolute Gasteiger partial charge is 0.376 e. The Kier molecular flexibility index (Phi) is 5.15. The third-order valence-electron chi connectivity index (χ3n) is 6.08. The van der Waals surface area contributed by atoms with Crippen LogP contribution in [0, 0.1) is 0 Å². The molecule has 0 saturated carbocycles. The summed E-state index contributed by atoms with van der Waals surface area (Å²) in [6.45, 7) is 2.92. The zero-order valence-electron chi connectivity index (χ0n) is 17.2. The van der Waals surface area contributed by atoms with Gasteiger partial charge in [0.05, 0.1) is 35.7 Å². The van der Waals surface area contributed by atoms with Gasteiger partial charge in [-0.1, -0.05) is 0 Å². The molecule has 0 spiro atoms. The van der Waals surface area contributed by atoms with Gasteiger partial charge in [-0.2, -0.15) is 0 Å². The number of anilines is 2. The molecule has 1 aromatic heterocycles. The van der Waals surface area contributed by atoms with Crippen LogP contribution in [0.3, 0.4) is 0 Å². The van der Waals surface area contributed by atoms with Crippen LogP contribution < -0.4 is 10.2 Å². The standard InChI is InChI=1S/C23H24N4O4/c28-21(25-16-6-8-20(24-13-16)26-9-1-2-10-26)15-5-7-18-19(12-15)23(30)27(22(18)29)14-17-4-3-11-31-17/h5-8,12-13,17H,1-4,9-11,14H2,(H,25,28). The number of rotatable bonds is 5. The first kappa shape index (κ1) is 19.7. The Balaban J connectivity index is 1.28. The molecule has 0 aliphatic carbocycles. The summed E-state index contributed by atoms with van der Waals surface area (Å²) in [5, 5.41) is 2.81. The van der Waals surface area contributed by atoms with Gasteiger partial charge in [-0.3, -0.25) is 19.3 Å². The van der Waals surface area contributed by atoms with Gasteiger partial charge in [0.25, 0.3) is 17.7 Å². The molecule has 1 unspecified atom stereocenters. The maximum absolute atomic E-state index is 12.8.